The second-order valence-electron chi connectivity index (χ2n) is 4.89. The molecule has 0 atom stereocenters. The summed E-state index contributed by atoms with van der Waals surface area (Å²) in [6.45, 7) is 1.11. The average Bonchev–Trinajstić information content (AvgIpc) is 2.47. The molecular formula is C17H23NO. The van der Waals surface area contributed by atoms with E-state index in [1.165, 1.54) is 35.6 Å². The van der Waals surface area contributed by atoms with Gasteiger partial charge in [-0.05, 0) is 49.9 Å². The number of hydrogen-bond acceptors (Lipinski definition) is 2. The Labute approximate surface area is 115 Å². The molecule has 2 rings (SSSR count). The zero-order chi connectivity index (χ0) is 13.5. The van der Waals surface area contributed by atoms with Crippen LogP contribution in [0, 0.1) is 0 Å². The minimum atomic E-state index is 0.967. The van der Waals surface area contributed by atoms with E-state index in [2.05, 4.69) is 41.7 Å². The Kier molecular flexibility index (Phi) is 5.22. The maximum Gasteiger partial charge on any atom is 0.126 e. The van der Waals surface area contributed by atoms with E-state index in [4.69, 9.17) is 4.74 Å². The molecule has 0 spiro atoms. The molecule has 19 heavy (non-hydrogen) atoms. The lowest BCUT2D eigenvalue weighted by atomic mass is 9.99. The van der Waals surface area contributed by atoms with Crippen molar-refractivity contribution in [3.63, 3.8) is 0 Å². The van der Waals surface area contributed by atoms with Crippen molar-refractivity contribution in [1.82, 2.24) is 5.32 Å². The minimum absolute atomic E-state index is 0.967. The lowest BCUT2D eigenvalue weighted by Gasteiger charge is -2.10. The minimum Gasteiger partial charge on any atom is -0.496 e. The number of ether oxygens (including phenoxy) is 1. The van der Waals surface area contributed by atoms with Gasteiger partial charge in [0, 0.05) is 5.39 Å². The topological polar surface area (TPSA) is 21.3 Å². The Morgan fingerprint density at radius 1 is 0.947 bits per heavy atom. The fourth-order valence-electron chi connectivity index (χ4n) is 2.52. The molecule has 0 saturated carbocycles. The molecule has 0 aliphatic carbocycles. The number of aryl methyl sites for hydroxylation is 1. The molecule has 0 radical (unpaired) electrons. The Balaban J connectivity index is 2.11. The summed E-state index contributed by atoms with van der Waals surface area (Å²) in [6, 6.07) is 12.8. The van der Waals surface area contributed by atoms with Gasteiger partial charge in [0.15, 0.2) is 0 Å². The summed E-state index contributed by atoms with van der Waals surface area (Å²) in [7, 11) is 3.75. The number of fused-ring (bicyclic) bond motifs is 1. The number of methoxy groups -OCH3 is 1. The Hall–Kier alpha value is -1.54. The summed E-state index contributed by atoms with van der Waals surface area (Å²) in [4.78, 5) is 0. The van der Waals surface area contributed by atoms with Crippen LogP contribution in [0.4, 0.5) is 0 Å². The molecule has 2 aromatic carbocycles. The van der Waals surface area contributed by atoms with Gasteiger partial charge in [0.25, 0.3) is 0 Å². The Morgan fingerprint density at radius 3 is 2.47 bits per heavy atom. The maximum atomic E-state index is 5.43. The van der Waals surface area contributed by atoms with E-state index in [1.807, 2.05) is 7.05 Å². The summed E-state index contributed by atoms with van der Waals surface area (Å²) in [5, 5.41) is 5.74. The van der Waals surface area contributed by atoms with Gasteiger partial charge in [0.2, 0.25) is 0 Å². The first-order valence-corrected chi connectivity index (χ1v) is 7.06. The van der Waals surface area contributed by atoms with E-state index < -0.39 is 0 Å². The molecule has 0 heterocycles. The zero-order valence-electron chi connectivity index (χ0n) is 11.9. The largest absolute Gasteiger partial charge is 0.496 e. The lowest BCUT2D eigenvalue weighted by Crippen LogP contribution is -2.07. The van der Waals surface area contributed by atoms with Crippen molar-refractivity contribution in [2.24, 2.45) is 0 Å². The van der Waals surface area contributed by atoms with Gasteiger partial charge in [0.1, 0.15) is 5.75 Å². The Morgan fingerprint density at radius 2 is 1.74 bits per heavy atom. The molecule has 0 aliphatic heterocycles. The molecule has 1 N–H and O–H groups in total. The van der Waals surface area contributed by atoms with Gasteiger partial charge in [0.05, 0.1) is 7.11 Å². The molecule has 0 saturated heterocycles. The first-order chi connectivity index (χ1) is 9.36. The number of unbranched alkanes of at least 4 members (excludes halogenated alkanes) is 2. The third-order valence-electron chi connectivity index (χ3n) is 3.57. The number of rotatable bonds is 7. The van der Waals surface area contributed by atoms with Crippen molar-refractivity contribution in [2.75, 3.05) is 20.7 Å². The van der Waals surface area contributed by atoms with Gasteiger partial charge in [-0.25, -0.2) is 0 Å². The smallest absolute Gasteiger partial charge is 0.126 e. The molecule has 0 amide bonds. The van der Waals surface area contributed by atoms with E-state index in [0.29, 0.717) is 0 Å². The predicted molar refractivity (Wildman–Crippen MR) is 82.0 cm³/mol. The molecule has 0 aromatic heterocycles. The van der Waals surface area contributed by atoms with Crippen LogP contribution in [0.3, 0.4) is 0 Å². The van der Waals surface area contributed by atoms with Crippen LogP contribution in [0.25, 0.3) is 10.8 Å². The quantitative estimate of drug-likeness (QED) is 0.762. The maximum absolute atomic E-state index is 5.43. The molecule has 2 aromatic rings. The standard InChI is InChI=1S/C17H23NO/c1-18-13-7-3-4-8-14-11-12-17(19-2)16-10-6-5-9-15(14)16/h5-6,9-12,18H,3-4,7-8,13H2,1-2H3. The van der Waals surface area contributed by atoms with Crippen molar-refractivity contribution in [3.8, 4) is 5.75 Å². The van der Waals surface area contributed by atoms with Gasteiger partial charge in [-0.3, -0.25) is 0 Å². The normalized spacial score (nSPS) is 10.8. The highest BCUT2D eigenvalue weighted by molar-refractivity contribution is 5.91. The van der Waals surface area contributed by atoms with Gasteiger partial charge in [-0.2, -0.15) is 0 Å². The van der Waals surface area contributed by atoms with Crippen LogP contribution < -0.4 is 10.1 Å². The van der Waals surface area contributed by atoms with Crippen molar-refractivity contribution >= 4 is 10.8 Å². The first-order valence-electron chi connectivity index (χ1n) is 7.06. The summed E-state index contributed by atoms with van der Waals surface area (Å²) in [5.41, 5.74) is 1.43. The number of hydrogen-bond donors (Lipinski definition) is 1. The molecule has 2 heteroatoms. The van der Waals surface area contributed by atoms with Gasteiger partial charge < -0.3 is 10.1 Å². The summed E-state index contributed by atoms with van der Waals surface area (Å²) < 4.78 is 5.43. The van der Waals surface area contributed by atoms with E-state index in [0.717, 1.165) is 18.7 Å². The summed E-state index contributed by atoms with van der Waals surface area (Å²) in [6.07, 6.45) is 4.93. The van der Waals surface area contributed by atoms with Crippen molar-refractivity contribution in [2.45, 2.75) is 25.7 Å². The Bertz CT molecular complexity index is 522. The van der Waals surface area contributed by atoms with Crippen molar-refractivity contribution in [3.05, 3.63) is 42.0 Å². The third kappa shape index (κ3) is 3.48. The van der Waals surface area contributed by atoms with Gasteiger partial charge in [-0.15, -0.1) is 0 Å². The SMILES string of the molecule is CNCCCCCc1ccc(OC)c2ccccc12. The molecule has 0 aliphatic rings. The van der Waals surface area contributed by atoms with E-state index in [1.54, 1.807) is 7.11 Å². The average molecular weight is 257 g/mol. The fourth-order valence-corrected chi connectivity index (χ4v) is 2.52. The van der Waals surface area contributed by atoms with Crippen LogP contribution in [0.1, 0.15) is 24.8 Å². The monoisotopic (exact) mass is 257 g/mol. The molecular weight excluding hydrogens is 234 g/mol. The molecule has 0 fully saturated rings. The molecule has 0 bridgehead atoms. The highest BCUT2D eigenvalue weighted by Gasteiger charge is 2.05. The fraction of sp³-hybridized carbons (Fsp3) is 0.412. The highest BCUT2D eigenvalue weighted by Crippen LogP contribution is 2.29. The summed E-state index contributed by atoms with van der Waals surface area (Å²) >= 11 is 0. The zero-order valence-corrected chi connectivity index (χ0v) is 11.9. The summed E-state index contributed by atoms with van der Waals surface area (Å²) in [5.74, 6) is 0.967. The van der Waals surface area contributed by atoms with Gasteiger partial charge >= 0.3 is 0 Å². The molecule has 0 unspecified atom stereocenters. The van der Waals surface area contributed by atoms with Crippen LogP contribution in [0.2, 0.25) is 0 Å². The highest BCUT2D eigenvalue weighted by atomic mass is 16.5. The second-order valence-corrected chi connectivity index (χ2v) is 4.89. The van der Waals surface area contributed by atoms with E-state index in [-0.39, 0.29) is 0 Å². The van der Waals surface area contributed by atoms with Gasteiger partial charge in [-0.1, -0.05) is 36.8 Å². The first kappa shape index (κ1) is 13.9. The molecule has 102 valence electrons. The van der Waals surface area contributed by atoms with Crippen LogP contribution in [0.5, 0.6) is 5.75 Å². The van der Waals surface area contributed by atoms with Crippen LogP contribution >= 0.6 is 0 Å². The lowest BCUT2D eigenvalue weighted by molar-refractivity contribution is 0.419. The van der Waals surface area contributed by atoms with E-state index >= 15 is 0 Å². The molecule has 2 nitrogen and oxygen atoms in total. The van der Waals surface area contributed by atoms with Crippen molar-refractivity contribution in [1.29, 1.82) is 0 Å². The van der Waals surface area contributed by atoms with Crippen LogP contribution in [-0.4, -0.2) is 20.7 Å². The number of nitrogens with one attached hydrogen (secondary N) is 1. The van der Waals surface area contributed by atoms with E-state index in [9.17, 15) is 0 Å². The van der Waals surface area contributed by atoms with Crippen LogP contribution in [-0.2, 0) is 6.42 Å². The number of benzene rings is 2. The third-order valence-corrected chi connectivity index (χ3v) is 3.57. The second kappa shape index (κ2) is 7.15. The van der Waals surface area contributed by atoms with Crippen molar-refractivity contribution < 1.29 is 4.74 Å². The predicted octanol–water partition coefficient (Wildman–Crippen LogP) is 3.78. The van der Waals surface area contributed by atoms with Crippen LogP contribution in [0.15, 0.2) is 36.4 Å².